The summed E-state index contributed by atoms with van der Waals surface area (Å²) < 4.78 is 1.92. The fourth-order valence-corrected chi connectivity index (χ4v) is 2.82. The van der Waals surface area contributed by atoms with Gasteiger partial charge in [0.25, 0.3) is 5.91 Å². The molecule has 1 aromatic heterocycles. The number of carbonyl (C=O) groups is 1. The minimum atomic E-state index is -0.0510. The lowest BCUT2D eigenvalue weighted by Crippen LogP contribution is -2.33. The molecule has 1 amide bonds. The van der Waals surface area contributed by atoms with Crippen molar-refractivity contribution < 1.29 is 4.79 Å². The predicted octanol–water partition coefficient (Wildman–Crippen LogP) is 3.53. The summed E-state index contributed by atoms with van der Waals surface area (Å²) >= 11 is 12.0. The quantitative estimate of drug-likeness (QED) is 0.863. The van der Waals surface area contributed by atoms with Crippen LogP contribution in [0.5, 0.6) is 0 Å². The first-order chi connectivity index (χ1) is 10.0. The Labute approximate surface area is 133 Å². The molecule has 0 bridgehead atoms. The molecule has 0 unspecified atom stereocenters. The fraction of sp³-hybridized carbons (Fsp3) is 0.333. The monoisotopic (exact) mass is 323 g/mol. The molecular weight excluding hydrogens is 309 g/mol. The second kappa shape index (κ2) is 5.70. The van der Waals surface area contributed by atoms with Crippen LogP contribution in [-0.2, 0) is 13.6 Å². The van der Waals surface area contributed by atoms with Gasteiger partial charge in [-0.1, -0.05) is 23.2 Å². The molecule has 3 rings (SSSR count). The first kappa shape index (κ1) is 14.4. The summed E-state index contributed by atoms with van der Waals surface area (Å²) in [5.41, 5.74) is 0.522. The summed E-state index contributed by atoms with van der Waals surface area (Å²) in [7, 11) is 1.92. The van der Waals surface area contributed by atoms with Crippen LogP contribution in [-0.4, -0.2) is 26.4 Å². The van der Waals surface area contributed by atoms with Gasteiger partial charge in [-0.05, 0) is 31.0 Å². The average Bonchev–Trinajstić information content (AvgIpc) is 3.18. The molecule has 0 radical (unpaired) electrons. The van der Waals surface area contributed by atoms with E-state index >= 15 is 0 Å². The van der Waals surface area contributed by atoms with Crippen molar-refractivity contribution in [1.82, 2.24) is 14.5 Å². The van der Waals surface area contributed by atoms with E-state index < -0.39 is 0 Å². The van der Waals surface area contributed by atoms with E-state index in [0.29, 0.717) is 22.2 Å². The van der Waals surface area contributed by atoms with E-state index in [0.717, 1.165) is 18.7 Å². The number of hydrogen-bond donors (Lipinski definition) is 0. The molecule has 1 heterocycles. The van der Waals surface area contributed by atoms with Gasteiger partial charge in [0.2, 0.25) is 0 Å². The van der Waals surface area contributed by atoms with Crippen molar-refractivity contribution in [2.45, 2.75) is 25.4 Å². The van der Waals surface area contributed by atoms with Gasteiger partial charge in [0.15, 0.2) is 0 Å². The van der Waals surface area contributed by atoms with Crippen LogP contribution in [0.1, 0.15) is 29.0 Å². The normalized spacial score (nSPS) is 14.2. The van der Waals surface area contributed by atoms with Crippen molar-refractivity contribution in [3.63, 3.8) is 0 Å². The van der Waals surface area contributed by atoms with Gasteiger partial charge >= 0.3 is 0 Å². The topological polar surface area (TPSA) is 38.1 Å². The van der Waals surface area contributed by atoms with Crippen LogP contribution in [0.2, 0.25) is 10.0 Å². The van der Waals surface area contributed by atoms with Crippen molar-refractivity contribution in [2.75, 3.05) is 0 Å². The Kier molecular flexibility index (Phi) is 3.91. The molecular formula is C15H15Cl2N3O. The van der Waals surface area contributed by atoms with E-state index in [-0.39, 0.29) is 11.9 Å². The molecule has 2 aromatic rings. The number of hydrogen-bond acceptors (Lipinski definition) is 2. The molecule has 1 fully saturated rings. The Morgan fingerprint density at radius 3 is 2.52 bits per heavy atom. The number of aryl methyl sites for hydroxylation is 1. The third-order valence-corrected chi connectivity index (χ3v) is 4.03. The van der Waals surface area contributed by atoms with Crippen molar-refractivity contribution >= 4 is 29.1 Å². The molecule has 4 nitrogen and oxygen atoms in total. The average molecular weight is 324 g/mol. The summed E-state index contributed by atoms with van der Waals surface area (Å²) in [6, 6.07) is 5.22. The number of halogens is 2. The minimum Gasteiger partial charge on any atom is -0.337 e. The highest BCUT2D eigenvalue weighted by molar-refractivity contribution is 6.35. The zero-order valence-electron chi connectivity index (χ0n) is 11.6. The van der Waals surface area contributed by atoms with E-state index in [1.165, 1.54) is 0 Å². The maximum Gasteiger partial charge on any atom is 0.254 e. The highest BCUT2D eigenvalue weighted by atomic mass is 35.5. The third-order valence-electron chi connectivity index (χ3n) is 3.59. The SMILES string of the molecule is Cn1ccnc1CN(C(=O)c1cc(Cl)cc(Cl)c1)C1CC1. The zero-order valence-corrected chi connectivity index (χ0v) is 13.1. The van der Waals surface area contributed by atoms with Crippen LogP contribution in [0.25, 0.3) is 0 Å². The second-order valence-electron chi connectivity index (χ2n) is 5.28. The summed E-state index contributed by atoms with van der Waals surface area (Å²) in [6.07, 6.45) is 5.68. The Bertz CT molecular complexity index is 659. The Morgan fingerprint density at radius 1 is 1.33 bits per heavy atom. The number of amides is 1. The molecule has 1 aromatic carbocycles. The van der Waals surface area contributed by atoms with Gasteiger partial charge < -0.3 is 9.47 Å². The standard InChI is InChI=1S/C15H15Cl2N3O/c1-19-5-4-18-14(19)9-20(13-2-3-13)15(21)10-6-11(16)8-12(17)7-10/h4-8,13H,2-3,9H2,1H3. The molecule has 21 heavy (non-hydrogen) atoms. The third kappa shape index (κ3) is 3.22. The first-order valence-corrected chi connectivity index (χ1v) is 7.53. The van der Waals surface area contributed by atoms with Crippen LogP contribution in [0, 0.1) is 0 Å². The van der Waals surface area contributed by atoms with Crippen molar-refractivity contribution in [1.29, 1.82) is 0 Å². The molecule has 0 aliphatic heterocycles. The molecule has 0 N–H and O–H groups in total. The lowest BCUT2D eigenvalue weighted by Gasteiger charge is -2.22. The minimum absolute atomic E-state index is 0.0510. The smallest absolute Gasteiger partial charge is 0.254 e. The molecule has 6 heteroatoms. The number of benzene rings is 1. The molecule has 0 spiro atoms. The van der Waals surface area contributed by atoms with E-state index in [2.05, 4.69) is 4.98 Å². The second-order valence-corrected chi connectivity index (χ2v) is 6.15. The molecule has 1 aliphatic carbocycles. The Balaban J connectivity index is 1.86. The maximum absolute atomic E-state index is 12.7. The summed E-state index contributed by atoms with van der Waals surface area (Å²) in [4.78, 5) is 18.9. The van der Waals surface area contributed by atoms with Crippen molar-refractivity contribution in [3.8, 4) is 0 Å². The van der Waals surface area contributed by atoms with Gasteiger partial charge in [0.05, 0.1) is 6.54 Å². The highest BCUT2D eigenvalue weighted by Crippen LogP contribution is 2.30. The number of rotatable bonds is 4. The van der Waals surface area contributed by atoms with Crippen molar-refractivity contribution in [3.05, 3.63) is 52.0 Å². The van der Waals surface area contributed by atoms with Crippen LogP contribution in [0.15, 0.2) is 30.6 Å². The van der Waals surface area contributed by atoms with E-state index in [9.17, 15) is 4.79 Å². The molecule has 0 saturated heterocycles. The fourth-order valence-electron chi connectivity index (χ4n) is 2.30. The Hall–Kier alpha value is -1.52. The summed E-state index contributed by atoms with van der Waals surface area (Å²) in [6.45, 7) is 0.497. The predicted molar refractivity (Wildman–Crippen MR) is 82.6 cm³/mol. The van der Waals surface area contributed by atoms with E-state index in [4.69, 9.17) is 23.2 Å². The number of nitrogens with zero attached hydrogens (tertiary/aromatic N) is 3. The molecule has 1 aliphatic rings. The van der Waals surface area contributed by atoms with Crippen LogP contribution in [0.3, 0.4) is 0 Å². The number of carbonyl (C=O) groups excluding carboxylic acids is 1. The number of aromatic nitrogens is 2. The van der Waals surface area contributed by atoms with Gasteiger partial charge in [-0.3, -0.25) is 4.79 Å². The van der Waals surface area contributed by atoms with Gasteiger partial charge in [-0.15, -0.1) is 0 Å². The van der Waals surface area contributed by atoms with Gasteiger partial charge in [0, 0.05) is 41.1 Å². The van der Waals surface area contributed by atoms with Gasteiger partial charge in [-0.25, -0.2) is 4.98 Å². The van der Waals surface area contributed by atoms with Crippen molar-refractivity contribution in [2.24, 2.45) is 7.05 Å². The molecule has 0 atom stereocenters. The van der Waals surface area contributed by atoms with Crippen LogP contribution < -0.4 is 0 Å². The van der Waals surface area contributed by atoms with Gasteiger partial charge in [0.1, 0.15) is 5.82 Å². The number of imidazole rings is 1. The Morgan fingerprint density at radius 2 is 2.00 bits per heavy atom. The summed E-state index contributed by atoms with van der Waals surface area (Å²) in [5, 5.41) is 0.942. The molecule has 1 saturated carbocycles. The van der Waals surface area contributed by atoms with Crippen LogP contribution in [0.4, 0.5) is 0 Å². The first-order valence-electron chi connectivity index (χ1n) is 6.78. The maximum atomic E-state index is 12.7. The van der Waals surface area contributed by atoms with E-state index in [1.54, 1.807) is 24.4 Å². The lowest BCUT2D eigenvalue weighted by molar-refractivity contribution is 0.0724. The van der Waals surface area contributed by atoms with E-state index in [1.807, 2.05) is 22.7 Å². The largest absolute Gasteiger partial charge is 0.337 e. The zero-order chi connectivity index (χ0) is 15.0. The molecule has 110 valence electrons. The lowest BCUT2D eigenvalue weighted by atomic mass is 10.2. The highest BCUT2D eigenvalue weighted by Gasteiger charge is 2.34. The van der Waals surface area contributed by atoms with Crippen LogP contribution >= 0.6 is 23.2 Å². The van der Waals surface area contributed by atoms with Gasteiger partial charge in [-0.2, -0.15) is 0 Å². The summed E-state index contributed by atoms with van der Waals surface area (Å²) in [5.74, 6) is 0.813.